The third-order valence-corrected chi connectivity index (χ3v) is 6.28. The van der Waals surface area contributed by atoms with Gasteiger partial charge < -0.3 is 4.90 Å². The van der Waals surface area contributed by atoms with Gasteiger partial charge in [0.2, 0.25) is 0 Å². The van der Waals surface area contributed by atoms with E-state index in [-0.39, 0.29) is 10.6 Å². The molecule has 0 aliphatic carbocycles. The van der Waals surface area contributed by atoms with Crippen LogP contribution in [-0.2, 0) is 6.42 Å². The SMILES string of the molecule is O=[N+]([O-])c1cccc(CCN2CCC(c3nc4ccccc4s3)CC2)c1. The smallest absolute Gasteiger partial charge is 0.269 e. The van der Waals surface area contributed by atoms with Gasteiger partial charge in [0, 0.05) is 24.6 Å². The molecule has 0 atom stereocenters. The molecule has 2 aromatic carbocycles. The van der Waals surface area contributed by atoms with Gasteiger partial charge in [-0.15, -0.1) is 11.3 Å². The fourth-order valence-electron chi connectivity index (χ4n) is 3.58. The van der Waals surface area contributed by atoms with Gasteiger partial charge in [-0.25, -0.2) is 4.98 Å². The highest BCUT2D eigenvalue weighted by Gasteiger charge is 2.23. The van der Waals surface area contributed by atoms with Crippen LogP contribution in [0.5, 0.6) is 0 Å². The first-order valence-corrected chi connectivity index (χ1v) is 9.82. The third kappa shape index (κ3) is 3.76. The van der Waals surface area contributed by atoms with Gasteiger partial charge in [0.15, 0.2) is 0 Å². The predicted octanol–water partition coefficient (Wildman–Crippen LogP) is 4.63. The number of fused-ring (bicyclic) bond motifs is 1. The minimum Gasteiger partial charge on any atom is -0.303 e. The second-order valence-electron chi connectivity index (χ2n) is 6.81. The molecule has 6 heteroatoms. The molecule has 1 aliphatic rings. The van der Waals surface area contributed by atoms with Crippen LogP contribution in [0.4, 0.5) is 5.69 Å². The predicted molar refractivity (Wildman–Crippen MR) is 105 cm³/mol. The van der Waals surface area contributed by atoms with Crippen LogP contribution in [0.2, 0.25) is 0 Å². The van der Waals surface area contributed by atoms with Crippen molar-refractivity contribution in [1.82, 2.24) is 9.88 Å². The molecule has 1 saturated heterocycles. The van der Waals surface area contributed by atoms with Gasteiger partial charge in [-0.1, -0.05) is 24.3 Å². The van der Waals surface area contributed by atoms with Gasteiger partial charge in [0.1, 0.15) is 0 Å². The fraction of sp³-hybridized carbons (Fsp3) is 0.350. The van der Waals surface area contributed by atoms with Crippen LogP contribution in [0.3, 0.4) is 0 Å². The number of hydrogen-bond donors (Lipinski definition) is 0. The van der Waals surface area contributed by atoms with E-state index >= 15 is 0 Å². The molecule has 0 saturated carbocycles. The molecule has 4 rings (SSSR count). The number of hydrogen-bond acceptors (Lipinski definition) is 5. The maximum absolute atomic E-state index is 10.9. The minimum atomic E-state index is -0.326. The Hall–Kier alpha value is -2.31. The zero-order valence-corrected chi connectivity index (χ0v) is 15.3. The number of nitro benzene ring substituents is 1. The van der Waals surface area contributed by atoms with Gasteiger partial charge >= 0.3 is 0 Å². The molecule has 0 N–H and O–H groups in total. The van der Waals surface area contributed by atoms with Crippen molar-refractivity contribution in [3.63, 3.8) is 0 Å². The molecule has 0 spiro atoms. The zero-order valence-electron chi connectivity index (χ0n) is 14.5. The van der Waals surface area contributed by atoms with Crippen LogP contribution < -0.4 is 0 Å². The summed E-state index contributed by atoms with van der Waals surface area (Å²) in [6.07, 6.45) is 3.12. The molecular formula is C20H21N3O2S. The number of nitro groups is 1. The van der Waals surface area contributed by atoms with E-state index in [0.29, 0.717) is 5.92 Å². The summed E-state index contributed by atoms with van der Waals surface area (Å²) in [4.78, 5) is 17.8. The summed E-state index contributed by atoms with van der Waals surface area (Å²) in [5.74, 6) is 0.557. The second-order valence-corrected chi connectivity index (χ2v) is 7.87. The second kappa shape index (κ2) is 7.51. The molecule has 134 valence electrons. The van der Waals surface area contributed by atoms with Crippen molar-refractivity contribution in [3.8, 4) is 0 Å². The lowest BCUT2D eigenvalue weighted by atomic mass is 9.97. The van der Waals surface area contributed by atoms with Crippen molar-refractivity contribution in [3.05, 3.63) is 69.2 Å². The molecule has 0 bridgehead atoms. The van der Waals surface area contributed by atoms with Gasteiger partial charge in [0.25, 0.3) is 5.69 Å². The Morgan fingerprint density at radius 2 is 1.96 bits per heavy atom. The summed E-state index contributed by atoms with van der Waals surface area (Å²) in [5, 5.41) is 12.2. The van der Waals surface area contributed by atoms with Gasteiger partial charge in [-0.3, -0.25) is 10.1 Å². The standard InChI is InChI=1S/C20H21N3O2S/c24-23(25)17-5-3-4-15(14-17)8-11-22-12-9-16(10-13-22)20-21-18-6-1-2-7-19(18)26-20/h1-7,14,16H,8-13H2. The van der Waals surface area contributed by atoms with E-state index in [2.05, 4.69) is 23.1 Å². The Morgan fingerprint density at radius 3 is 2.73 bits per heavy atom. The number of thiazole rings is 1. The molecule has 2 heterocycles. The Morgan fingerprint density at radius 1 is 1.15 bits per heavy atom. The van der Waals surface area contributed by atoms with Crippen molar-refractivity contribution in [2.24, 2.45) is 0 Å². The number of non-ortho nitro benzene ring substituents is 1. The van der Waals surface area contributed by atoms with Gasteiger partial charge in [-0.2, -0.15) is 0 Å². The average molecular weight is 367 g/mol. The molecule has 5 nitrogen and oxygen atoms in total. The lowest BCUT2D eigenvalue weighted by Crippen LogP contribution is -2.34. The van der Waals surface area contributed by atoms with Crippen LogP contribution in [0.25, 0.3) is 10.2 Å². The number of aromatic nitrogens is 1. The Labute approximate surface area is 156 Å². The van der Waals surface area contributed by atoms with Crippen molar-refractivity contribution >= 4 is 27.2 Å². The summed E-state index contributed by atoms with van der Waals surface area (Å²) >= 11 is 1.83. The molecule has 0 radical (unpaired) electrons. The monoisotopic (exact) mass is 367 g/mol. The molecule has 1 aromatic heterocycles. The van der Waals surface area contributed by atoms with E-state index in [4.69, 9.17) is 4.98 Å². The van der Waals surface area contributed by atoms with Crippen molar-refractivity contribution < 1.29 is 4.92 Å². The first kappa shape index (κ1) is 17.1. The zero-order chi connectivity index (χ0) is 17.9. The fourth-order valence-corrected chi connectivity index (χ4v) is 4.72. The molecule has 1 aliphatic heterocycles. The van der Waals surface area contributed by atoms with Crippen LogP contribution in [0, 0.1) is 10.1 Å². The quantitative estimate of drug-likeness (QED) is 0.487. The van der Waals surface area contributed by atoms with E-state index in [1.165, 1.54) is 9.71 Å². The van der Waals surface area contributed by atoms with E-state index in [1.807, 2.05) is 23.5 Å². The topological polar surface area (TPSA) is 59.3 Å². The molecule has 26 heavy (non-hydrogen) atoms. The Bertz CT molecular complexity index is 883. The minimum absolute atomic E-state index is 0.178. The average Bonchev–Trinajstić information content (AvgIpc) is 3.11. The van der Waals surface area contributed by atoms with E-state index in [1.54, 1.807) is 18.2 Å². The number of para-hydroxylation sites is 1. The van der Waals surface area contributed by atoms with Gasteiger partial charge in [0.05, 0.1) is 20.1 Å². The van der Waals surface area contributed by atoms with Crippen molar-refractivity contribution in [2.45, 2.75) is 25.2 Å². The number of nitrogens with zero attached hydrogens (tertiary/aromatic N) is 3. The number of piperidine rings is 1. The van der Waals surface area contributed by atoms with Crippen LogP contribution >= 0.6 is 11.3 Å². The normalized spacial score (nSPS) is 16.2. The highest BCUT2D eigenvalue weighted by molar-refractivity contribution is 7.18. The molecule has 1 fully saturated rings. The molecule has 3 aromatic rings. The number of benzene rings is 2. The van der Waals surface area contributed by atoms with Crippen molar-refractivity contribution in [2.75, 3.05) is 19.6 Å². The lowest BCUT2D eigenvalue weighted by Gasteiger charge is -2.31. The third-order valence-electron chi connectivity index (χ3n) is 5.09. The summed E-state index contributed by atoms with van der Waals surface area (Å²) in [6, 6.07) is 15.3. The summed E-state index contributed by atoms with van der Waals surface area (Å²) in [5.41, 5.74) is 2.32. The molecule has 0 amide bonds. The van der Waals surface area contributed by atoms with E-state index in [9.17, 15) is 10.1 Å². The van der Waals surface area contributed by atoms with E-state index < -0.39 is 0 Å². The van der Waals surface area contributed by atoms with Crippen molar-refractivity contribution in [1.29, 1.82) is 0 Å². The number of rotatable bonds is 5. The lowest BCUT2D eigenvalue weighted by molar-refractivity contribution is -0.384. The summed E-state index contributed by atoms with van der Waals surface area (Å²) in [6.45, 7) is 3.08. The first-order valence-electron chi connectivity index (χ1n) is 9.00. The molecular weight excluding hydrogens is 346 g/mol. The summed E-state index contributed by atoms with van der Waals surface area (Å²) < 4.78 is 1.27. The Kier molecular flexibility index (Phi) is 4.95. The first-order chi connectivity index (χ1) is 12.7. The maximum atomic E-state index is 10.9. The van der Waals surface area contributed by atoms with Crippen LogP contribution in [-0.4, -0.2) is 34.4 Å². The summed E-state index contributed by atoms with van der Waals surface area (Å²) in [7, 11) is 0. The van der Waals surface area contributed by atoms with Gasteiger partial charge in [-0.05, 0) is 50.0 Å². The number of likely N-dealkylation sites (tertiary alicyclic amines) is 1. The van der Waals surface area contributed by atoms with E-state index in [0.717, 1.165) is 50.0 Å². The maximum Gasteiger partial charge on any atom is 0.269 e. The highest BCUT2D eigenvalue weighted by atomic mass is 32.1. The molecule has 0 unspecified atom stereocenters. The largest absolute Gasteiger partial charge is 0.303 e. The highest BCUT2D eigenvalue weighted by Crippen LogP contribution is 2.33. The van der Waals surface area contributed by atoms with Crippen LogP contribution in [0.15, 0.2) is 48.5 Å². The Balaban J connectivity index is 1.32. The van der Waals surface area contributed by atoms with Crippen LogP contribution in [0.1, 0.15) is 29.3 Å².